The van der Waals surface area contributed by atoms with Gasteiger partial charge in [-0.2, -0.15) is 0 Å². The van der Waals surface area contributed by atoms with Gasteiger partial charge in [0.15, 0.2) is 0 Å². The van der Waals surface area contributed by atoms with Crippen molar-refractivity contribution in [2.24, 2.45) is 7.05 Å². The fourth-order valence-corrected chi connectivity index (χ4v) is 3.46. The van der Waals surface area contributed by atoms with Crippen LogP contribution in [-0.2, 0) is 24.9 Å². The Morgan fingerprint density at radius 3 is 3.05 bits per heavy atom. The molecule has 1 aliphatic heterocycles. The van der Waals surface area contributed by atoms with E-state index in [9.17, 15) is 0 Å². The van der Waals surface area contributed by atoms with Crippen molar-refractivity contribution >= 4 is 11.3 Å². The van der Waals surface area contributed by atoms with Crippen molar-refractivity contribution in [2.45, 2.75) is 25.9 Å². The Bertz CT molecular complexity index is 593. The maximum absolute atomic E-state index is 5.36. The average molecular weight is 293 g/mol. The van der Waals surface area contributed by atoms with E-state index in [1.54, 1.807) is 18.4 Å². The van der Waals surface area contributed by atoms with E-state index in [0.29, 0.717) is 12.5 Å². The average Bonchev–Trinajstić information content (AvgIpc) is 2.97. The van der Waals surface area contributed by atoms with Gasteiger partial charge in [-0.05, 0) is 6.92 Å². The minimum Gasteiger partial charge on any atom is -0.384 e. The van der Waals surface area contributed by atoms with Crippen LogP contribution in [0.25, 0.3) is 0 Å². The van der Waals surface area contributed by atoms with Crippen molar-refractivity contribution in [1.29, 1.82) is 0 Å². The first kappa shape index (κ1) is 13.7. The van der Waals surface area contributed by atoms with Crippen LogP contribution in [0.15, 0.2) is 5.38 Å². The van der Waals surface area contributed by atoms with E-state index in [2.05, 4.69) is 25.6 Å². The maximum atomic E-state index is 5.36. The molecule has 20 heavy (non-hydrogen) atoms. The molecule has 0 amide bonds. The molecular weight excluding hydrogens is 274 g/mol. The molecule has 1 atom stereocenters. The van der Waals surface area contributed by atoms with Gasteiger partial charge in [-0.15, -0.1) is 16.4 Å². The minimum atomic E-state index is 0.323. The molecule has 3 rings (SSSR count). The third-order valence-electron chi connectivity index (χ3n) is 3.60. The van der Waals surface area contributed by atoms with E-state index in [4.69, 9.17) is 4.74 Å². The SMILES string of the molecule is COC[C@@H]1CN(Cc2csc(C)n2)Cc2nnn(C)c21. The van der Waals surface area contributed by atoms with Gasteiger partial charge in [-0.25, -0.2) is 4.98 Å². The molecule has 0 spiro atoms. The maximum Gasteiger partial charge on any atom is 0.100 e. The van der Waals surface area contributed by atoms with Gasteiger partial charge in [0.25, 0.3) is 0 Å². The van der Waals surface area contributed by atoms with E-state index in [1.807, 2.05) is 18.7 Å². The van der Waals surface area contributed by atoms with Gasteiger partial charge in [-0.1, -0.05) is 5.21 Å². The van der Waals surface area contributed by atoms with E-state index >= 15 is 0 Å². The smallest absolute Gasteiger partial charge is 0.100 e. The fraction of sp³-hybridized carbons (Fsp3) is 0.615. The number of methoxy groups -OCH3 is 1. The first-order valence-electron chi connectivity index (χ1n) is 6.68. The van der Waals surface area contributed by atoms with Crippen LogP contribution in [0.1, 0.15) is 28.0 Å². The largest absolute Gasteiger partial charge is 0.384 e. The molecule has 0 aromatic carbocycles. The second-order valence-corrected chi connectivity index (χ2v) is 6.29. The van der Waals surface area contributed by atoms with Crippen molar-refractivity contribution < 1.29 is 4.74 Å². The molecule has 2 aromatic heterocycles. The number of hydrogen-bond acceptors (Lipinski definition) is 6. The monoisotopic (exact) mass is 293 g/mol. The highest BCUT2D eigenvalue weighted by Crippen LogP contribution is 2.27. The Labute approximate surface area is 122 Å². The summed E-state index contributed by atoms with van der Waals surface area (Å²) in [5, 5.41) is 11.7. The lowest BCUT2D eigenvalue weighted by Gasteiger charge is -2.31. The van der Waals surface area contributed by atoms with Gasteiger partial charge in [0, 0.05) is 45.1 Å². The highest BCUT2D eigenvalue weighted by atomic mass is 32.1. The molecule has 2 aromatic rings. The third kappa shape index (κ3) is 2.61. The lowest BCUT2D eigenvalue weighted by Crippen LogP contribution is -2.35. The first-order valence-corrected chi connectivity index (χ1v) is 7.56. The van der Waals surface area contributed by atoms with Crippen LogP contribution in [-0.4, -0.2) is 45.1 Å². The molecular formula is C13H19N5OS. The zero-order chi connectivity index (χ0) is 14.1. The summed E-state index contributed by atoms with van der Waals surface area (Å²) in [4.78, 5) is 6.91. The summed E-state index contributed by atoms with van der Waals surface area (Å²) < 4.78 is 7.23. The van der Waals surface area contributed by atoms with Gasteiger partial charge >= 0.3 is 0 Å². The van der Waals surface area contributed by atoms with Crippen molar-refractivity contribution in [3.63, 3.8) is 0 Å². The lowest BCUT2D eigenvalue weighted by atomic mass is 9.99. The number of rotatable bonds is 4. The first-order chi connectivity index (χ1) is 9.67. The zero-order valence-corrected chi connectivity index (χ0v) is 12.9. The zero-order valence-electron chi connectivity index (χ0n) is 12.0. The number of ether oxygens (including phenoxy) is 1. The second kappa shape index (κ2) is 5.59. The van der Waals surface area contributed by atoms with Gasteiger partial charge < -0.3 is 4.74 Å². The van der Waals surface area contributed by atoms with Crippen molar-refractivity contribution in [2.75, 3.05) is 20.3 Å². The Morgan fingerprint density at radius 1 is 1.50 bits per heavy atom. The summed E-state index contributed by atoms with van der Waals surface area (Å²) in [7, 11) is 3.69. The number of hydrogen-bond donors (Lipinski definition) is 0. The predicted octanol–water partition coefficient (Wildman–Crippen LogP) is 1.33. The highest BCUT2D eigenvalue weighted by molar-refractivity contribution is 7.09. The second-order valence-electron chi connectivity index (χ2n) is 5.22. The number of nitrogens with zero attached hydrogens (tertiary/aromatic N) is 5. The van der Waals surface area contributed by atoms with Crippen LogP contribution in [0.3, 0.4) is 0 Å². The van der Waals surface area contributed by atoms with Crippen LogP contribution >= 0.6 is 11.3 Å². The van der Waals surface area contributed by atoms with E-state index in [0.717, 1.165) is 36.0 Å². The Balaban J connectivity index is 1.79. The van der Waals surface area contributed by atoms with E-state index < -0.39 is 0 Å². The van der Waals surface area contributed by atoms with Crippen molar-refractivity contribution in [3.8, 4) is 0 Å². The molecule has 0 saturated carbocycles. The predicted molar refractivity (Wildman–Crippen MR) is 76.6 cm³/mol. The molecule has 7 heteroatoms. The summed E-state index contributed by atoms with van der Waals surface area (Å²) in [6.07, 6.45) is 0. The molecule has 1 aliphatic rings. The summed E-state index contributed by atoms with van der Waals surface area (Å²) in [6, 6.07) is 0. The summed E-state index contributed by atoms with van der Waals surface area (Å²) >= 11 is 1.70. The molecule has 0 radical (unpaired) electrons. The molecule has 108 valence electrons. The molecule has 0 aliphatic carbocycles. The molecule has 3 heterocycles. The molecule has 0 N–H and O–H groups in total. The van der Waals surface area contributed by atoms with Gasteiger partial charge in [0.1, 0.15) is 5.69 Å². The minimum absolute atomic E-state index is 0.323. The molecule has 0 bridgehead atoms. The number of aromatic nitrogens is 4. The molecule has 0 unspecified atom stereocenters. The molecule has 0 fully saturated rings. The Morgan fingerprint density at radius 2 is 2.35 bits per heavy atom. The fourth-order valence-electron chi connectivity index (χ4n) is 2.86. The normalized spacial score (nSPS) is 19.2. The van der Waals surface area contributed by atoms with Crippen LogP contribution < -0.4 is 0 Å². The van der Waals surface area contributed by atoms with Crippen molar-refractivity contribution in [3.05, 3.63) is 27.5 Å². The van der Waals surface area contributed by atoms with Gasteiger partial charge in [0.05, 0.1) is 23.0 Å². The highest BCUT2D eigenvalue weighted by Gasteiger charge is 2.30. The van der Waals surface area contributed by atoms with Gasteiger partial charge in [-0.3, -0.25) is 9.58 Å². The summed E-state index contributed by atoms with van der Waals surface area (Å²) in [6.45, 7) is 5.39. The Hall–Kier alpha value is -1.31. The topological polar surface area (TPSA) is 56.1 Å². The van der Waals surface area contributed by atoms with Crippen LogP contribution in [0.2, 0.25) is 0 Å². The number of thiazole rings is 1. The van der Waals surface area contributed by atoms with E-state index in [1.165, 1.54) is 5.69 Å². The quantitative estimate of drug-likeness (QED) is 0.851. The van der Waals surface area contributed by atoms with Gasteiger partial charge in [0.2, 0.25) is 0 Å². The number of aryl methyl sites for hydroxylation is 2. The van der Waals surface area contributed by atoms with Crippen molar-refractivity contribution in [1.82, 2.24) is 24.9 Å². The number of fused-ring (bicyclic) bond motifs is 1. The summed E-state index contributed by atoms with van der Waals surface area (Å²) in [5.74, 6) is 0.323. The molecule has 6 nitrogen and oxygen atoms in total. The standard InChI is InChI=1S/C13H19N5OS/c1-9-14-11(8-20-9)5-18-4-10(7-19-3)13-12(6-18)15-16-17(13)2/h8,10H,4-7H2,1-3H3/t10-/m0/s1. The Kier molecular flexibility index (Phi) is 3.82. The third-order valence-corrected chi connectivity index (χ3v) is 4.42. The summed E-state index contributed by atoms with van der Waals surface area (Å²) in [5.41, 5.74) is 3.40. The van der Waals surface area contributed by atoms with Crippen LogP contribution in [0.4, 0.5) is 0 Å². The lowest BCUT2D eigenvalue weighted by molar-refractivity contribution is 0.131. The van der Waals surface area contributed by atoms with Crippen LogP contribution in [0.5, 0.6) is 0 Å². The van der Waals surface area contributed by atoms with E-state index in [-0.39, 0.29) is 0 Å². The van der Waals surface area contributed by atoms with Crippen LogP contribution in [0, 0.1) is 6.92 Å². The molecule has 0 saturated heterocycles.